The van der Waals surface area contributed by atoms with Crippen molar-refractivity contribution in [1.82, 2.24) is 10.2 Å². The van der Waals surface area contributed by atoms with Crippen LogP contribution >= 0.6 is 35.5 Å². The highest BCUT2D eigenvalue weighted by molar-refractivity contribution is 7.99. The highest BCUT2D eigenvalue weighted by atomic mass is 35.5. The first-order chi connectivity index (χ1) is 10.2. The Labute approximate surface area is 145 Å². The van der Waals surface area contributed by atoms with Crippen LogP contribution in [0.4, 0.5) is 0 Å². The summed E-state index contributed by atoms with van der Waals surface area (Å²) in [5.74, 6) is 2.42. The minimum Gasteiger partial charge on any atom is -0.341 e. The number of rotatable bonds is 4. The average molecular weight is 357 g/mol. The fourth-order valence-electron chi connectivity index (χ4n) is 2.62. The number of nitrogens with one attached hydrogen (secondary N) is 1. The molecule has 1 fully saturated rings. The Kier molecular flexibility index (Phi) is 6.56. The lowest BCUT2D eigenvalue weighted by molar-refractivity contribution is -0.130. The molecule has 3 rings (SSSR count). The van der Waals surface area contributed by atoms with Gasteiger partial charge < -0.3 is 10.2 Å². The lowest BCUT2D eigenvalue weighted by atomic mass is 10.1. The normalized spacial score (nSPS) is 18.0. The van der Waals surface area contributed by atoms with E-state index in [0.717, 1.165) is 18.1 Å². The molecule has 1 saturated heterocycles. The first kappa shape index (κ1) is 17.6. The smallest absolute Gasteiger partial charge is 0.224 e. The second-order valence-electron chi connectivity index (χ2n) is 5.44. The molecule has 0 aliphatic carbocycles. The molecule has 1 aromatic heterocycles. The van der Waals surface area contributed by atoms with Gasteiger partial charge in [-0.3, -0.25) is 4.79 Å². The van der Waals surface area contributed by atoms with Crippen molar-refractivity contribution in [2.75, 3.05) is 25.1 Å². The van der Waals surface area contributed by atoms with E-state index in [-0.39, 0.29) is 18.3 Å². The third-order valence-corrected chi connectivity index (χ3v) is 5.96. The zero-order valence-electron chi connectivity index (χ0n) is 12.6. The van der Waals surface area contributed by atoms with Gasteiger partial charge in [-0.1, -0.05) is 18.2 Å². The van der Waals surface area contributed by atoms with E-state index >= 15 is 0 Å². The first-order valence-corrected chi connectivity index (χ1v) is 9.27. The summed E-state index contributed by atoms with van der Waals surface area (Å²) in [7, 11) is 1.91. The molecule has 1 N–H and O–H groups in total. The minimum absolute atomic E-state index is 0. The van der Waals surface area contributed by atoms with Crippen LogP contribution in [-0.4, -0.2) is 41.9 Å². The van der Waals surface area contributed by atoms with Gasteiger partial charge in [0, 0.05) is 48.8 Å². The van der Waals surface area contributed by atoms with Crippen LogP contribution in [0.2, 0.25) is 0 Å². The molecule has 1 amide bonds. The number of halogens is 1. The number of amides is 1. The molecule has 0 saturated carbocycles. The Morgan fingerprint density at radius 3 is 3.00 bits per heavy atom. The van der Waals surface area contributed by atoms with Gasteiger partial charge in [-0.15, -0.1) is 23.7 Å². The summed E-state index contributed by atoms with van der Waals surface area (Å²) in [4.78, 5) is 14.2. The number of benzene rings is 1. The zero-order chi connectivity index (χ0) is 14.7. The van der Waals surface area contributed by atoms with E-state index in [9.17, 15) is 4.79 Å². The molecule has 1 aromatic carbocycles. The van der Waals surface area contributed by atoms with Crippen LogP contribution in [0.3, 0.4) is 0 Å². The van der Waals surface area contributed by atoms with Crippen molar-refractivity contribution >= 4 is 51.5 Å². The minimum atomic E-state index is 0. The van der Waals surface area contributed by atoms with Crippen molar-refractivity contribution in [3.05, 3.63) is 35.2 Å². The number of nitrogens with zero attached hydrogens (tertiary/aromatic N) is 1. The molecular weight excluding hydrogens is 336 g/mol. The van der Waals surface area contributed by atoms with Gasteiger partial charge in [-0.2, -0.15) is 11.8 Å². The summed E-state index contributed by atoms with van der Waals surface area (Å²) in [6.07, 6.45) is 0.603. The van der Waals surface area contributed by atoms with Gasteiger partial charge in [0.25, 0.3) is 0 Å². The molecule has 0 spiro atoms. The summed E-state index contributed by atoms with van der Waals surface area (Å²) in [6, 6.07) is 8.72. The lowest BCUT2D eigenvalue weighted by Crippen LogP contribution is -2.41. The maximum Gasteiger partial charge on any atom is 0.224 e. The quantitative estimate of drug-likeness (QED) is 0.911. The maximum absolute atomic E-state index is 12.4. The van der Waals surface area contributed by atoms with Crippen molar-refractivity contribution < 1.29 is 4.79 Å². The van der Waals surface area contributed by atoms with E-state index < -0.39 is 0 Å². The van der Waals surface area contributed by atoms with Crippen molar-refractivity contribution in [3.63, 3.8) is 0 Å². The molecule has 0 bridgehead atoms. The van der Waals surface area contributed by atoms with Gasteiger partial charge in [-0.05, 0) is 22.4 Å². The third kappa shape index (κ3) is 4.16. The molecule has 0 radical (unpaired) electrons. The molecule has 22 heavy (non-hydrogen) atoms. The second-order valence-corrected chi connectivity index (χ2v) is 7.50. The standard InChI is InChI=1S/C16H20N2OS2.ClH/c1-18(16(19)8-13-11-20-7-6-17-13)9-12-10-21-15-5-3-2-4-14(12)15;/h2-5,10,13,17H,6-9,11H2,1H3;1H. The Hall–Kier alpha value is -0.750. The van der Waals surface area contributed by atoms with Gasteiger partial charge >= 0.3 is 0 Å². The highest BCUT2D eigenvalue weighted by Gasteiger charge is 2.19. The van der Waals surface area contributed by atoms with Crippen LogP contribution in [0.1, 0.15) is 12.0 Å². The number of thioether (sulfide) groups is 1. The molecule has 2 aromatic rings. The van der Waals surface area contributed by atoms with Crippen LogP contribution in [0.5, 0.6) is 0 Å². The van der Waals surface area contributed by atoms with Crippen LogP contribution in [0, 0.1) is 0 Å². The number of carbonyl (C=O) groups is 1. The maximum atomic E-state index is 12.4. The summed E-state index contributed by atoms with van der Waals surface area (Å²) in [6.45, 7) is 1.71. The van der Waals surface area contributed by atoms with E-state index in [2.05, 4.69) is 35.0 Å². The zero-order valence-corrected chi connectivity index (χ0v) is 15.0. The predicted octanol–water partition coefficient (Wildman–Crippen LogP) is 3.38. The highest BCUT2D eigenvalue weighted by Crippen LogP contribution is 2.26. The van der Waals surface area contributed by atoms with E-state index in [0.29, 0.717) is 19.0 Å². The molecule has 3 nitrogen and oxygen atoms in total. The molecular formula is C16H21ClN2OS2. The van der Waals surface area contributed by atoms with Crippen LogP contribution in [-0.2, 0) is 11.3 Å². The fraction of sp³-hybridized carbons (Fsp3) is 0.438. The molecule has 1 unspecified atom stereocenters. The number of hydrogen-bond acceptors (Lipinski definition) is 4. The largest absolute Gasteiger partial charge is 0.341 e. The topological polar surface area (TPSA) is 32.3 Å². The SMILES string of the molecule is CN(Cc1csc2ccccc12)C(=O)CC1CSCCN1.Cl. The third-order valence-electron chi connectivity index (χ3n) is 3.81. The van der Waals surface area contributed by atoms with Crippen LogP contribution in [0.15, 0.2) is 29.6 Å². The number of carbonyl (C=O) groups excluding carboxylic acids is 1. The summed E-state index contributed by atoms with van der Waals surface area (Å²) in [5, 5.41) is 6.87. The van der Waals surface area contributed by atoms with E-state index in [1.54, 1.807) is 11.3 Å². The van der Waals surface area contributed by atoms with E-state index in [4.69, 9.17) is 0 Å². The van der Waals surface area contributed by atoms with Crippen molar-refractivity contribution in [1.29, 1.82) is 0 Å². The van der Waals surface area contributed by atoms with Crippen LogP contribution < -0.4 is 5.32 Å². The lowest BCUT2D eigenvalue weighted by Gasteiger charge is -2.25. The van der Waals surface area contributed by atoms with Crippen molar-refractivity contribution in [2.45, 2.75) is 19.0 Å². The van der Waals surface area contributed by atoms with Gasteiger partial charge in [0.2, 0.25) is 5.91 Å². The molecule has 6 heteroatoms. The molecule has 120 valence electrons. The fourth-order valence-corrected chi connectivity index (χ4v) is 4.52. The molecule has 2 heterocycles. The monoisotopic (exact) mass is 356 g/mol. The van der Waals surface area contributed by atoms with Gasteiger partial charge in [-0.25, -0.2) is 0 Å². The number of fused-ring (bicyclic) bond motifs is 1. The van der Waals surface area contributed by atoms with Crippen LogP contribution in [0.25, 0.3) is 10.1 Å². The Morgan fingerprint density at radius 2 is 2.23 bits per heavy atom. The number of thiophene rings is 1. The van der Waals surface area contributed by atoms with E-state index in [1.807, 2.05) is 23.7 Å². The Bertz CT molecular complexity index is 625. The Balaban J connectivity index is 0.00000176. The molecule has 1 aliphatic heterocycles. The molecule has 1 atom stereocenters. The van der Waals surface area contributed by atoms with Crippen molar-refractivity contribution in [3.8, 4) is 0 Å². The van der Waals surface area contributed by atoms with Gasteiger partial charge in [0.05, 0.1) is 0 Å². The molecule has 1 aliphatic rings. The summed E-state index contributed by atoms with van der Waals surface area (Å²) in [5.41, 5.74) is 1.25. The number of hydrogen-bond donors (Lipinski definition) is 1. The second kappa shape index (κ2) is 8.20. The summed E-state index contributed by atoms with van der Waals surface area (Å²) < 4.78 is 1.29. The van der Waals surface area contributed by atoms with E-state index in [1.165, 1.54) is 15.6 Å². The first-order valence-electron chi connectivity index (χ1n) is 7.24. The summed E-state index contributed by atoms with van der Waals surface area (Å²) >= 11 is 3.68. The van der Waals surface area contributed by atoms with Crippen molar-refractivity contribution in [2.24, 2.45) is 0 Å². The Morgan fingerprint density at radius 1 is 1.41 bits per heavy atom. The average Bonchev–Trinajstić information content (AvgIpc) is 2.91. The predicted molar refractivity (Wildman–Crippen MR) is 99.3 cm³/mol. The van der Waals surface area contributed by atoms with Gasteiger partial charge in [0.15, 0.2) is 0 Å². The van der Waals surface area contributed by atoms with Gasteiger partial charge in [0.1, 0.15) is 0 Å².